The maximum absolute atomic E-state index is 13.8. The predicted molar refractivity (Wildman–Crippen MR) is 73.3 cm³/mol. The van der Waals surface area contributed by atoms with Crippen LogP contribution in [0, 0.1) is 5.82 Å². The molecule has 1 aromatic carbocycles. The van der Waals surface area contributed by atoms with E-state index in [0.717, 1.165) is 18.1 Å². The monoisotopic (exact) mass is 335 g/mol. The van der Waals surface area contributed by atoms with E-state index < -0.39 is 32.0 Å². The van der Waals surface area contributed by atoms with Crippen molar-refractivity contribution >= 4 is 37.3 Å². The quantitative estimate of drug-likeness (QED) is 0.614. The fourth-order valence-corrected chi connectivity index (χ4v) is 3.09. The SMILES string of the molecule is COC(=O)c1ccc(N2CC(S(=O)(=O)Cl)CC2=O)cc1F. The highest BCUT2D eigenvalue weighted by Gasteiger charge is 2.38. The van der Waals surface area contributed by atoms with Gasteiger partial charge in [0.25, 0.3) is 0 Å². The molecule has 1 fully saturated rings. The fourth-order valence-electron chi connectivity index (χ4n) is 2.06. The molecular weight excluding hydrogens is 325 g/mol. The van der Waals surface area contributed by atoms with Crippen molar-refractivity contribution in [2.24, 2.45) is 0 Å². The molecule has 1 aromatic rings. The van der Waals surface area contributed by atoms with Gasteiger partial charge < -0.3 is 9.64 Å². The van der Waals surface area contributed by atoms with Gasteiger partial charge in [0, 0.05) is 29.3 Å². The van der Waals surface area contributed by atoms with Crippen LogP contribution in [0.4, 0.5) is 10.1 Å². The molecule has 2 rings (SSSR count). The highest BCUT2D eigenvalue weighted by molar-refractivity contribution is 8.14. The number of rotatable bonds is 3. The Morgan fingerprint density at radius 1 is 1.48 bits per heavy atom. The van der Waals surface area contributed by atoms with Gasteiger partial charge in [-0.25, -0.2) is 17.6 Å². The minimum Gasteiger partial charge on any atom is -0.465 e. The lowest BCUT2D eigenvalue weighted by molar-refractivity contribution is -0.117. The number of halogens is 2. The van der Waals surface area contributed by atoms with E-state index in [1.165, 1.54) is 12.1 Å². The lowest BCUT2D eigenvalue weighted by atomic mass is 10.2. The van der Waals surface area contributed by atoms with Crippen molar-refractivity contribution in [1.82, 2.24) is 0 Å². The summed E-state index contributed by atoms with van der Waals surface area (Å²) in [5, 5.41) is -1.03. The average molecular weight is 336 g/mol. The Hall–Kier alpha value is -1.67. The Kier molecular flexibility index (Phi) is 4.20. The topological polar surface area (TPSA) is 80.8 Å². The number of carbonyl (C=O) groups excluding carboxylic acids is 2. The zero-order valence-corrected chi connectivity index (χ0v) is 12.4. The molecule has 1 amide bonds. The van der Waals surface area contributed by atoms with E-state index in [9.17, 15) is 22.4 Å². The summed E-state index contributed by atoms with van der Waals surface area (Å²) >= 11 is 0. The van der Waals surface area contributed by atoms with Crippen molar-refractivity contribution < 1.29 is 27.1 Å². The number of methoxy groups -OCH3 is 1. The molecule has 1 heterocycles. The van der Waals surface area contributed by atoms with Crippen LogP contribution < -0.4 is 4.90 Å². The van der Waals surface area contributed by atoms with Crippen molar-refractivity contribution in [2.75, 3.05) is 18.6 Å². The number of benzene rings is 1. The minimum atomic E-state index is -3.87. The van der Waals surface area contributed by atoms with Gasteiger partial charge in [-0.05, 0) is 18.2 Å². The number of carbonyl (C=O) groups is 2. The van der Waals surface area contributed by atoms with E-state index >= 15 is 0 Å². The normalized spacial score (nSPS) is 18.9. The summed E-state index contributed by atoms with van der Waals surface area (Å²) in [7, 11) is 2.48. The molecule has 6 nitrogen and oxygen atoms in total. The number of anilines is 1. The van der Waals surface area contributed by atoms with Gasteiger partial charge in [-0.2, -0.15) is 0 Å². The van der Waals surface area contributed by atoms with Gasteiger partial charge in [-0.1, -0.05) is 0 Å². The summed E-state index contributed by atoms with van der Waals surface area (Å²) in [4.78, 5) is 24.2. The van der Waals surface area contributed by atoms with Gasteiger partial charge in [-0.3, -0.25) is 4.79 Å². The van der Waals surface area contributed by atoms with Gasteiger partial charge >= 0.3 is 5.97 Å². The van der Waals surface area contributed by atoms with Crippen LogP contribution in [0.25, 0.3) is 0 Å². The smallest absolute Gasteiger partial charge is 0.340 e. The van der Waals surface area contributed by atoms with E-state index in [1.807, 2.05) is 0 Å². The number of nitrogens with zero attached hydrogens (tertiary/aromatic N) is 1. The van der Waals surface area contributed by atoms with E-state index in [-0.39, 0.29) is 24.2 Å². The Balaban J connectivity index is 2.30. The van der Waals surface area contributed by atoms with E-state index in [0.29, 0.717) is 0 Å². The van der Waals surface area contributed by atoms with Gasteiger partial charge in [0.05, 0.1) is 12.7 Å². The van der Waals surface area contributed by atoms with Crippen LogP contribution in [0.1, 0.15) is 16.8 Å². The lowest BCUT2D eigenvalue weighted by Gasteiger charge is -2.16. The van der Waals surface area contributed by atoms with Crippen molar-refractivity contribution in [3.05, 3.63) is 29.6 Å². The molecule has 1 atom stereocenters. The highest BCUT2D eigenvalue weighted by atomic mass is 35.7. The summed E-state index contributed by atoms with van der Waals surface area (Å²) in [5.74, 6) is -2.17. The molecule has 0 spiro atoms. The number of hydrogen-bond donors (Lipinski definition) is 0. The molecule has 0 N–H and O–H groups in total. The summed E-state index contributed by atoms with van der Waals surface area (Å²) in [6, 6.07) is 3.50. The third kappa shape index (κ3) is 3.16. The number of ether oxygens (including phenoxy) is 1. The zero-order valence-electron chi connectivity index (χ0n) is 10.9. The molecule has 114 valence electrons. The lowest BCUT2D eigenvalue weighted by Crippen LogP contribution is -2.27. The van der Waals surface area contributed by atoms with E-state index in [4.69, 9.17) is 10.7 Å². The van der Waals surface area contributed by atoms with Gasteiger partial charge in [-0.15, -0.1) is 0 Å². The molecule has 0 aromatic heterocycles. The van der Waals surface area contributed by atoms with Crippen molar-refractivity contribution in [2.45, 2.75) is 11.7 Å². The average Bonchev–Trinajstić information content (AvgIpc) is 2.80. The second-order valence-electron chi connectivity index (χ2n) is 4.46. The summed E-state index contributed by atoms with van der Waals surface area (Å²) in [6.07, 6.45) is -0.258. The first kappa shape index (κ1) is 15.7. The third-order valence-corrected chi connectivity index (χ3v) is 5.03. The second kappa shape index (κ2) is 5.61. The maximum atomic E-state index is 13.8. The molecule has 0 aliphatic carbocycles. The van der Waals surface area contributed by atoms with Crippen LogP contribution in [-0.4, -0.2) is 39.2 Å². The highest BCUT2D eigenvalue weighted by Crippen LogP contribution is 2.28. The molecular formula is C12H11ClFNO5S. The minimum absolute atomic E-state index is 0.151. The largest absolute Gasteiger partial charge is 0.465 e. The Labute approximate surface area is 124 Å². The Bertz CT molecular complexity index is 706. The first-order chi connectivity index (χ1) is 9.74. The predicted octanol–water partition coefficient (Wildman–Crippen LogP) is 1.29. The van der Waals surface area contributed by atoms with Crippen LogP contribution >= 0.6 is 10.7 Å². The van der Waals surface area contributed by atoms with E-state index in [2.05, 4.69) is 4.74 Å². The summed E-state index contributed by atoms with van der Waals surface area (Å²) in [6.45, 7) is -0.151. The molecule has 0 saturated carbocycles. The molecule has 0 bridgehead atoms. The van der Waals surface area contributed by atoms with Crippen LogP contribution in [0.3, 0.4) is 0 Å². The van der Waals surface area contributed by atoms with Crippen LogP contribution in [0.15, 0.2) is 18.2 Å². The molecule has 9 heteroatoms. The second-order valence-corrected chi connectivity index (χ2v) is 7.37. The summed E-state index contributed by atoms with van der Waals surface area (Å²) < 4.78 is 40.7. The molecule has 0 radical (unpaired) electrons. The number of amides is 1. The van der Waals surface area contributed by atoms with Gasteiger partial charge in [0.15, 0.2) is 0 Å². The maximum Gasteiger partial charge on any atom is 0.340 e. The first-order valence-electron chi connectivity index (χ1n) is 5.85. The Morgan fingerprint density at radius 2 is 2.14 bits per heavy atom. The van der Waals surface area contributed by atoms with E-state index in [1.54, 1.807) is 0 Å². The molecule has 1 saturated heterocycles. The first-order valence-corrected chi connectivity index (χ1v) is 8.23. The zero-order chi connectivity index (χ0) is 15.8. The Morgan fingerprint density at radius 3 is 2.62 bits per heavy atom. The summed E-state index contributed by atoms with van der Waals surface area (Å²) in [5.41, 5.74) is -0.109. The van der Waals surface area contributed by atoms with Crippen LogP contribution in [-0.2, 0) is 18.6 Å². The van der Waals surface area contributed by atoms with Crippen LogP contribution in [0.5, 0.6) is 0 Å². The van der Waals surface area contributed by atoms with Gasteiger partial charge in [0.2, 0.25) is 15.0 Å². The van der Waals surface area contributed by atoms with Crippen LogP contribution in [0.2, 0.25) is 0 Å². The van der Waals surface area contributed by atoms with Gasteiger partial charge in [0.1, 0.15) is 11.1 Å². The fraction of sp³-hybridized carbons (Fsp3) is 0.333. The number of hydrogen-bond acceptors (Lipinski definition) is 5. The van der Waals surface area contributed by atoms with Crippen molar-refractivity contribution in [3.63, 3.8) is 0 Å². The molecule has 1 unspecified atom stereocenters. The van der Waals surface area contributed by atoms with Crippen molar-refractivity contribution in [1.29, 1.82) is 0 Å². The molecule has 1 aliphatic rings. The molecule has 21 heavy (non-hydrogen) atoms. The molecule has 1 aliphatic heterocycles. The third-order valence-electron chi connectivity index (χ3n) is 3.16. The standard InChI is InChI=1S/C12H11ClFNO5S/c1-20-12(17)9-3-2-7(4-10(9)14)15-6-8(5-11(15)16)21(13,18)19/h2-4,8H,5-6H2,1H3. The van der Waals surface area contributed by atoms with Crippen molar-refractivity contribution in [3.8, 4) is 0 Å². The number of esters is 1.